The van der Waals surface area contributed by atoms with Crippen molar-refractivity contribution in [2.75, 3.05) is 78.2 Å². The summed E-state index contributed by atoms with van der Waals surface area (Å²) in [5.74, 6) is -17.0. The van der Waals surface area contributed by atoms with E-state index >= 15 is 0 Å². The molecule has 67 heteroatoms. The second-order valence-corrected chi connectivity index (χ2v) is 33.2. The Morgan fingerprint density at radius 3 is 0.361 bits per heavy atom. The Bertz CT molecular complexity index is 4220. The van der Waals surface area contributed by atoms with E-state index in [-0.39, 0.29) is 0 Å². The lowest BCUT2D eigenvalue weighted by atomic mass is 9.94. The first-order valence-corrected chi connectivity index (χ1v) is 42.9. The number of hydrogen-bond donors (Lipinski definition) is 24. The van der Waals surface area contributed by atoms with Crippen molar-refractivity contribution in [3.63, 3.8) is 0 Å². The third kappa shape index (κ3) is 23.6. The zero-order valence-corrected chi connectivity index (χ0v) is 76.5. The number of esters is 11. The van der Waals surface area contributed by atoms with Gasteiger partial charge in [-0.3, -0.25) is 0 Å². The summed E-state index contributed by atoms with van der Waals surface area (Å²) in [5, 5.41) is 280. The molecule has 67 nitrogen and oxygen atoms in total. The van der Waals surface area contributed by atoms with Gasteiger partial charge in [0, 0.05) is 0 Å². The van der Waals surface area contributed by atoms with Gasteiger partial charge in [0.2, 0.25) is 0 Å². The van der Waals surface area contributed by atoms with E-state index in [1.807, 2.05) is 0 Å². The van der Waals surface area contributed by atoms with Crippen molar-refractivity contribution in [2.24, 2.45) is 0 Å². The van der Waals surface area contributed by atoms with E-state index in [0.29, 0.717) is 35.5 Å². The number of carbonyl (C=O) groups is 11. The lowest BCUT2D eigenvalue weighted by Gasteiger charge is -2.50. The number of rotatable bonds is 31. The number of carbonyl (C=O) groups excluding carboxylic acids is 11. The predicted molar refractivity (Wildman–Crippen MR) is 417 cm³/mol. The molecule has 0 bridgehead atoms. The fourth-order valence-corrected chi connectivity index (χ4v) is 16.9. The topological polar surface area (TPSA) is 969 Å². The van der Waals surface area contributed by atoms with E-state index in [1.54, 1.807) is 0 Å². The first-order chi connectivity index (χ1) is 68.0. The van der Waals surface area contributed by atoms with Crippen LogP contribution in [0.3, 0.4) is 0 Å². The molecule has 822 valence electrons. The van der Waals surface area contributed by atoms with Gasteiger partial charge in [-0.2, -0.15) is 0 Å². The molecule has 11 aliphatic heterocycles. The molecule has 0 aromatic heterocycles. The molecule has 0 aliphatic carbocycles. The third-order valence-corrected chi connectivity index (χ3v) is 24.7. The van der Waals surface area contributed by atoms with Crippen molar-refractivity contribution in [3.05, 3.63) is 0 Å². The van der Waals surface area contributed by atoms with Crippen molar-refractivity contribution in [2.45, 2.75) is 338 Å². The van der Waals surface area contributed by atoms with Gasteiger partial charge in [-0.25, -0.2) is 52.7 Å². The molecule has 0 spiro atoms. The van der Waals surface area contributed by atoms with Crippen LogP contribution >= 0.6 is 0 Å². The van der Waals surface area contributed by atoms with Gasteiger partial charge in [-0.15, -0.1) is 0 Å². The highest BCUT2D eigenvalue weighted by atomic mass is 16.8. The zero-order chi connectivity index (χ0) is 107. The molecule has 0 aromatic rings. The minimum atomic E-state index is -2.84. The van der Waals surface area contributed by atoms with E-state index in [4.69, 9.17) is 142 Å². The molecule has 55 atom stereocenters. The second kappa shape index (κ2) is 49.4. The molecule has 11 aliphatic rings. The summed E-state index contributed by atoms with van der Waals surface area (Å²) in [6.45, 7) is 0. The summed E-state index contributed by atoms with van der Waals surface area (Å²) in [4.78, 5) is 147. The SMILES string of the molecule is COC(=O)[C@H]1OC(O[C@H]2[C@H](O)[C@@H](C(=O)OC)OC(O[C@H]3[C@H](O)[C@@H](C(=O)OC)OC(O[C@H]4[C@H](O)[C@@H](C(=O)OC)OC(O[C@H]5[C@H](O)[C@@H](C(=O)OC)OC(O[C@H]6[C@H](O)[C@@H](C(=O)OC)OC(O[C@H]7[C@H](O)[C@@H](C(=O)OC)OC(O[C@H]8[C@H](O)[C@@H](C(=O)OC)OC(O[C@H]9[C@H](O)[C@@H](C(=O)OC)OC(O[C@H]%10[C@H](O)[C@@H](C(=O)OC)OC(O[C@H]%11[C@H](O)[C@@H](C(=O)OC)OC(O)[C@H]%11O)[C@H]%10O)[C@H]9O)[C@H]8O)[C@H]7O)[C@H]6O)[C@H]5O)[C@H]4O)[C@H]3O)[C@H]2O)[C@@H](O)[C@@H](O)[C@@H]1O. The number of aliphatic hydroxyl groups is 24. The van der Waals surface area contributed by atoms with Crippen LogP contribution in [0, 0.1) is 0 Å². The van der Waals surface area contributed by atoms with Gasteiger partial charge in [0.25, 0.3) is 0 Å². The predicted octanol–water partition coefficient (Wildman–Crippen LogP) is -23.0. The van der Waals surface area contributed by atoms with Crippen molar-refractivity contribution >= 4 is 65.7 Å². The Morgan fingerprint density at radius 2 is 0.236 bits per heavy atom. The van der Waals surface area contributed by atoms with E-state index in [0.717, 1.165) is 42.7 Å². The molecule has 0 amide bonds. The first-order valence-electron chi connectivity index (χ1n) is 42.9. The highest BCUT2D eigenvalue weighted by molar-refractivity contribution is 5.80. The van der Waals surface area contributed by atoms with Crippen molar-refractivity contribution < 1.29 is 327 Å². The number of methoxy groups -OCH3 is 11. The van der Waals surface area contributed by atoms with Crippen molar-refractivity contribution in [1.29, 1.82) is 0 Å². The Balaban J connectivity index is 0.838. The second-order valence-electron chi connectivity index (χ2n) is 33.2. The van der Waals surface area contributed by atoms with Gasteiger partial charge in [-0.05, 0) is 0 Å². The van der Waals surface area contributed by atoms with Crippen LogP contribution in [-0.2, 0) is 204 Å². The molecular formula is C77H112O67. The average Bonchev–Trinajstić information content (AvgIpc) is 0.764. The summed E-state index contributed by atoms with van der Waals surface area (Å²) in [5.41, 5.74) is 0. The summed E-state index contributed by atoms with van der Waals surface area (Å²) >= 11 is 0. The van der Waals surface area contributed by atoms with Crippen LogP contribution in [0.4, 0.5) is 0 Å². The quantitative estimate of drug-likeness (QED) is 0.0226. The van der Waals surface area contributed by atoms with Gasteiger partial charge in [0.1, 0.15) is 201 Å². The molecule has 0 aromatic carbocycles. The van der Waals surface area contributed by atoms with Crippen LogP contribution in [0.15, 0.2) is 0 Å². The Morgan fingerprint density at radius 1 is 0.132 bits per heavy atom. The highest BCUT2D eigenvalue weighted by Gasteiger charge is 2.66. The molecule has 11 heterocycles. The lowest BCUT2D eigenvalue weighted by Crippen LogP contribution is -2.70. The number of hydrogen-bond acceptors (Lipinski definition) is 67. The minimum absolute atomic E-state index is 0.680. The van der Waals surface area contributed by atoms with Crippen LogP contribution in [0.2, 0.25) is 0 Å². The smallest absolute Gasteiger partial charge is 0.337 e. The largest absolute Gasteiger partial charge is 0.467 e. The molecule has 24 N–H and O–H groups in total. The van der Waals surface area contributed by atoms with E-state index in [1.165, 1.54) is 0 Å². The summed E-state index contributed by atoms with van der Waals surface area (Å²) in [6, 6.07) is 0. The maximum atomic E-state index is 13.7. The number of ether oxygens (including phenoxy) is 32. The summed E-state index contributed by atoms with van der Waals surface area (Å²) in [7, 11) is 8.07. The summed E-state index contributed by atoms with van der Waals surface area (Å²) < 4.78 is 170. The van der Waals surface area contributed by atoms with Crippen LogP contribution in [0.25, 0.3) is 0 Å². The van der Waals surface area contributed by atoms with Crippen LogP contribution < -0.4 is 0 Å². The molecule has 11 saturated heterocycles. The van der Waals surface area contributed by atoms with Crippen LogP contribution in [0.5, 0.6) is 0 Å². The van der Waals surface area contributed by atoms with Gasteiger partial charge in [0.15, 0.2) is 136 Å². The fraction of sp³-hybridized carbons (Fsp3) is 0.857. The molecular weight excluding hydrogens is 2000 g/mol. The minimum Gasteiger partial charge on any atom is -0.467 e. The van der Waals surface area contributed by atoms with Gasteiger partial charge in [0.05, 0.1) is 78.2 Å². The van der Waals surface area contributed by atoms with Crippen molar-refractivity contribution in [3.8, 4) is 0 Å². The molecule has 0 radical (unpaired) electrons. The highest BCUT2D eigenvalue weighted by Crippen LogP contribution is 2.43. The normalized spacial score (nSPS) is 46.8. The summed E-state index contributed by atoms with van der Waals surface area (Å²) in [6.07, 6.45) is -141. The van der Waals surface area contributed by atoms with E-state index in [2.05, 4.69) is 9.47 Å². The van der Waals surface area contributed by atoms with Gasteiger partial charge in [-0.1, -0.05) is 0 Å². The molecule has 11 rings (SSSR count). The zero-order valence-electron chi connectivity index (χ0n) is 76.5. The average molecular weight is 2110 g/mol. The molecule has 0 saturated carbocycles. The Kier molecular flexibility index (Phi) is 40.0. The van der Waals surface area contributed by atoms with Crippen molar-refractivity contribution in [1.82, 2.24) is 0 Å². The Hall–Kier alpha value is -7.63. The fourth-order valence-electron chi connectivity index (χ4n) is 16.9. The molecule has 144 heavy (non-hydrogen) atoms. The third-order valence-electron chi connectivity index (χ3n) is 24.7. The number of aliphatic hydroxyl groups excluding tert-OH is 24. The maximum absolute atomic E-state index is 13.7. The van der Waals surface area contributed by atoms with E-state index < -0.39 is 403 Å². The maximum Gasteiger partial charge on any atom is 0.337 e. The molecule has 11 unspecified atom stereocenters. The van der Waals surface area contributed by atoms with Gasteiger partial charge < -0.3 is 274 Å². The van der Waals surface area contributed by atoms with E-state index in [9.17, 15) is 175 Å². The Labute approximate surface area is 806 Å². The first kappa shape index (κ1) is 117. The van der Waals surface area contributed by atoms with Crippen LogP contribution in [0.1, 0.15) is 0 Å². The van der Waals surface area contributed by atoms with Crippen LogP contribution in [-0.4, -0.2) is 604 Å². The van der Waals surface area contributed by atoms with Gasteiger partial charge >= 0.3 is 65.7 Å². The lowest BCUT2D eigenvalue weighted by molar-refractivity contribution is -0.397. The molecule has 11 fully saturated rings. The standard InChI is InChI=1S/C77H112O67/c1-113-57(102)45-13(79)12(78)14(80)68(135-45)126-36-16(82)47(59(104)115-3)137-70(26(36)92)128-38-18(84)49(61(106)117-5)139-72(28(38)94)130-40-20(86)51(63(108)119-7)141-74(30(40)96)132-42-22(88)53(65(110)121-9)143-76(32(42)98)134-44-24(90)55(67(112)123-11)144-77(34(44)100)133-43-23(89)54(66(111)122-10)142-75(33(43)99)131-41-21(87)52(64(109)120-8)140-73(31(41)97)129-39-19(85)50(62(107)118-6)138-71(29(39)95)127-37-17(83)48(60(105)116-4)136-69(27(37)93)125-35-15(81)46(58(103)114-2)124-56(101)25(35)91/h12-56,68-101H,1-11H3/t12-,13-,14-,15-,16-,17-,18-,19-,20-,21-,22-,23-,24-,25-,26-,27-,28-,29-,30-,31-,32-,33-,34-,35-,36-,37-,38-,39-,40-,41-,42-,43-,44-,45-,46-,47-,48-,49-,50-,51-,52-,53-,54-,55-,56?,68?,69?,70?,71?,72?,73?,74?,75?,76?,77?/m0/s1. The monoisotopic (exact) mass is 2110 g/mol.